The largest absolute Gasteiger partial charge is 0.425 e. The number of aliphatic hydroxyl groups is 1. The Balaban J connectivity index is 2.02. The van der Waals surface area contributed by atoms with Gasteiger partial charge in [0.05, 0.1) is 27.5 Å². The van der Waals surface area contributed by atoms with Crippen molar-refractivity contribution in [3.8, 4) is 11.8 Å². The molecule has 8 heteroatoms. The lowest BCUT2D eigenvalue weighted by Gasteiger charge is -2.26. The molecule has 0 radical (unpaired) electrons. The Morgan fingerprint density at radius 1 is 1.08 bits per heavy atom. The minimum absolute atomic E-state index is 0.150. The fourth-order valence-electron chi connectivity index (χ4n) is 2.31. The van der Waals surface area contributed by atoms with Crippen LogP contribution in [0.1, 0.15) is 17.8 Å². The van der Waals surface area contributed by atoms with E-state index >= 15 is 0 Å². The van der Waals surface area contributed by atoms with Crippen LogP contribution in [0.25, 0.3) is 11.0 Å². The van der Waals surface area contributed by atoms with Gasteiger partial charge >= 0.3 is 6.18 Å². The van der Waals surface area contributed by atoms with Gasteiger partial charge in [0.2, 0.25) is 5.60 Å². The molecular weight excluding hydrogens is 388 g/mol. The number of nitrogens with one attached hydrogen (secondary N) is 1. The summed E-state index contributed by atoms with van der Waals surface area (Å²) < 4.78 is 40.7. The van der Waals surface area contributed by atoms with Gasteiger partial charge in [0.25, 0.3) is 0 Å². The Hall–Kier alpha value is -2.20. The zero-order chi connectivity index (χ0) is 18.9. The first kappa shape index (κ1) is 18.6. The number of aromatic amines is 1. The van der Waals surface area contributed by atoms with Crippen LogP contribution in [-0.4, -0.2) is 21.3 Å². The van der Waals surface area contributed by atoms with Gasteiger partial charge in [-0.2, -0.15) is 13.2 Å². The molecule has 1 heterocycles. The normalized spacial score (nSPS) is 13.9. The van der Waals surface area contributed by atoms with Crippen molar-refractivity contribution in [3.63, 3.8) is 0 Å². The topological polar surface area (TPSA) is 48.9 Å². The third-order valence-electron chi connectivity index (χ3n) is 3.74. The average Bonchev–Trinajstić information content (AvgIpc) is 2.98. The predicted molar refractivity (Wildman–Crippen MR) is 94.0 cm³/mol. The van der Waals surface area contributed by atoms with Gasteiger partial charge in [-0.1, -0.05) is 53.2 Å². The number of fused-ring (bicyclic) bond motifs is 1. The highest BCUT2D eigenvalue weighted by atomic mass is 35.5. The maximum absolute atomic E-state index is 13.6. The van der Waals surface area contributed by atoms with Crippen molar-refractivity contribution in [2.24, 2.45) is 0 Å². The third-order valence-corrected chi connectivity index (χ3v) is 4.46. The maximum Gasteiger partial charge on any atom is 0.425 e. The molecule has 3 aromatic rings. The van der Waals surface area contributed by atoms with E-state index in [2.05, 4.69) is 21.8 Å². The van der Waals surface area contributed by atoms with Crippen molar-refractivity contribution >= 4 is 34.2 Å². The molecule has 0 aliphatic carbocycles. The van der Waals surface area contributed by atoms with E-state index in [9.17, 15) is 18.3 Å². The molecule has 0 aliphatic heterocycles. The van der Waals surface area contributed by atoms with Crippen molar-refractivity contribution in [3.05, 3.63) is 63.9 Å². The lowest BCUT2D eigenvalue weighted by atomic mass is 9.98. The average molecular weight is 399 g/mol. The van der Waals surface area contributed by atoms with Gasteiger partial charge in [-0.05, 0) is 24.3 Å². The molecule has 26 heavy (non-hydrogen) atoms. The van der Waals surface area contributed by atoms with Crippen LogP contribution >= 0.6 is 23.2 Å². The molecule has 0 aliphatic rings. The monoisotopic (exact) mass is 398 g/mol. The quantitative estimate of drug-likeness (QED) is 0.592. The molecule has 0 amide bonds. The number of benzene rings is 2. The maximum atomic E-state index is 13.6. The standard InChI is InChI=1S/C18H11Cl2F3N2O/c19-12-9-14-15(10-13(12)20)25-16(24-14)17(26,18(21,22)23)8-4-7-11-5-2-1-3-6-11/h1-3,5-6,9-10,26H,8H2,(H,24,25). The van der Waals surface area contributed by atoms with E-state index in [-0.39, 0.29) is 21.1 Å². The van der Waals surface area contributed by atoms with Crippen LogP contribution in [0.5, 0.6) is 0 Å². The second-order valence-electron chi connectivity index (χ2n) is 5.57. The van der Waals surface area contributed by atoms with Crippen molar-refractivity contribution in [2.75, 3.05) is 0 Å². The molecule has 3 rings (SSSR count). The first-order valence-electron chi connectivity index (χ1n) is 7.39. The van der Waals surface area contributed by atoms with Gasteiger partial charge in [-0.3, -0.25) is 0 Å². The van der Waals surface area contributed by atoms with Crippen molar-refractivity contribution in [1.82, 2.24) is 9.97 Å². The highest BCUT2D eigenvalue weighted by molar-refractivity contribution is 6.42. The van der Waals surface area contributed by atoms with Crippen molar-refractivity contribution < 1.29 is 18.3 Å². The second-order valence-corrected chi connectivity index (χ2v) is 6.39. The molecule has 134 valence electrons. The second kappa shape index (κ2) is 6.84. The zero-order valence-electron chi connectivity index (χ0n) is 13.0. The van der Waals surface area contributed by atoms with E-state index in [0.29, 0.717) is 5.56 Å². The number of H-pyrrole nitrogens is 1. The lowest BCUT2D eigenvalue weighted by Crippen LogP contribution is -2.43. The molecule has 0 saturated carbocycles. The van der Waals surface area contributed by atoms with Gasteiger partial charge in [-0.25, -0.2) is 4.98 Å². The highest BCUT2D eigenvalue weighted by Crippen LogP contribution is 2.41. The molecule has 0 bridgehead atoms. The van der Waals surface area contributed by atoms with Crippen LogP contribution in [0.4, 0.5) is 13.2 Å². The molecule has 0 spiro atoms. The highest BCUT2D eigenvalue weighted by Gasteiger charge is 2.56. The predicted octanol–water partition coefficient (Wildman–Crippen LogP) is 5.06. The van der Waals surface area contributed by atoms with Gasteiger partial charge in [0.1, 0.15) is 5.82 Å². The summed E-state index contributed by atoms with van der Waals surface area (Å²) in [7, 11) is 0. The third kappa shape index (κ3) is 3.51. The number of hydrogen-bond acceptors (Lipinski definition) is 2. The minimum atomic E-state index is -4.99. The minimum Gasteiger partial charge on any atom is -0.373 e. The number of halogens is 5. The van der Waals surface area contributed by atoms with E-state index in [1.165, 1.54) is 12.1 Å². The summed E-state index contributed by atoms with van der Waals surface area (Å²) in [6.07, 6.45) is -5.87. The van der Waals surface area contributed by atoms with Crippen LogP contribution in [0.2, 0.25) is 10.0 Å². The SMILES string of the molecule is OC(CC#Cc1ccccc1)(c1nc2cc(Cl)c(Cl)cc2[nH]1)C(F)(F)F. The molecule has 1 unspecified atom stereocenters. The molecule has 0 saturated heterocycles. The fourth-order valence-corrected chi connectivity index (χ4v) is 2.64. The first-order chi connectivity index (χ1) is 12.2. The molecule has 1 atom stereocenters. The van der Waals surface area contributed by atoms with Gasteiger partial charge in [0, 0.05) is 5.56 Å². The summed E-state index contributed by atoms with van der Waals surface area (Å²) in [5, 5.41) is 10.7. The molecule has 0 fully saturated rings. The molecule has 2 N–H and O–H groups in total. The van der Waals surface area contributed by atoms with Gasteiger partial charge < -0.3 is 10.1 Å². The number of alkyl halides is 3. The number of imidazole rings is 1. The van der Waals surface area contributed by atoms with Gasteiger partial charge in [0.15, 0.2) is 0 Å². The Morgan fingerprint density at radius 3 is 2.38 bits per heavy atom. The Morgan fingerprint density at radius 2 is 1.73 bits per heavy atom. The van der Waals surface area contributed by atoms with Crippen molar-refractivity contribution in [1.29, 1.82) is 0 Å². The first-order valence-corrected chi connectivity index (χ1v) is 8.14. The zero-order valence-corrected chi connectivity index (χ0v) is 14.5. The summed E-state index contributed by atoms with van der Waals surface area (Å²) in [4.78, 5) is 6.31. The summed E-state index contributed by atoms with van der Waals surface area (Å²) in [5.41, 5.74) is -2.33. The Labute approximate surface area is 156 Å². The van der Waals surface area contributed by atoms with E-state index in [1.807, 2.05) is 0 Å². The van der Waals surface area contributed by atoms with Crippen LogP contribution in [0.15, 0.2) is 42.5 Å². The lowest BCUT2D eigenvalue weighted by molar-refractivity contribution is -0.267. The summed E-state index contributed by atoms with van der Waals surface area (Å²) in [6.45, 7) is 0. The van der Waals surface area contributed by atoms with E-state index in [0.717, 1.165) is 0 Å². The molecule has 1 aromatic heterocycles. The van der Waals surface area contributed by atoms with Crippen LogP contribution in [-0.2, 0) is 5.60 Å². The van der Waals surface area contributed by atoms with E-state index in [1.54, 1.807) is 30.3 Å². The van der Waals surface area contributed by atoms with Crippen LogP contribution in [0.3, 0.4) is 0 Å². The van der Waals surface area contributed by atoms with E-state index < -0.39 is 24.0 Å². The summed E-state index contributed by atoms with van der Waals surface area (Å²) >= 11 is 11.7. The Kier molecular flexibility index (Phi) is 4.89. The molecule has 3 nitrogen and oxygen atoms in total. The number of nitrogens with zero attached hydrogens (tertiary/aromatic N) is 1. The fraction of sp³-hybridized carbons (Fsp3) is 0.167. The number of hydrogen-bond donors (Lipinski definition) is 2. The smallest absolute Gasteiger partial charge is 0.373 e. The summed E-state index contributed by atoms with van der Waals surface area (Å²) in [5.74, 6) is 4.32. The van der Waals surface area contributed by atoms with Crippen LogP contribution < -0.4 is 0 Å². The van der Waals surface area contributed by atoms with Gasteiger partial charge in [-0.15, -0.1) is 0 Å². The Bertz CT molecular complexity index is 967. The number of aromatic nitrogens is 2. The molecule has 2 aromatic carbocycles. The summed E-state index contributed by atoms with van der Waals surface area (Å²) in [6, 6.07) is 11.2. The molecular formula is C18H11Cl2F3N2O. The van der Waals surface area contributed by atoms with Crippen molar-refractivity contribution in [2.45, 2.75) is 18.2 Å². The van der Waals surface area contributed by atoms with E-state index in [4.69, 9.17) is 23.2 Å². The number of rotatable bonds is 2. The van der Waals surface area contributed by atoms with Crippen LogP contribution in [0, 0.1) is 11.8 Å².